The molecule has 216 valence electrons. The van der Waals surface area contributed by atoms with Gasteiger partial charge in [0.05, 0.1) is 0 Å². The summed E-state index contributed by atoms with van der Waals surface area (Å²) >= 11 is 0. The predicted molar refractivity (Wildman–Crippen MR) is 155 cm³/mol. The summed E-state index contributed by atoms with van der Waals surface area (Å²) in [6.45, 7) is 0.498. The molecule has 2 unspecified atom stereocenters. The molecule has 0 aromatic heterocycles. The van der Waals surface area contributed by atoms with E-state index in [-0.39, 0.29) is 24.2 Å². The molecule has 0 saturated heterocycles. The number of carbonyl (C=O) groups is 3. The Morgan fingerprint density at radius 1 is 0.825 bits per heavy atom. The van der Waals surface area contributed by atoms with Crippen molar-refractivity contribution in [2.24, 2.45) is 17.8 Å². The fourth-order valence-electron chi connectivity index (χ4n) is 6.70. The molecule has 4 atom stereocenters. The average Bonchev–Trinajstić information content (AvgIpc) is 3.00. The predicted octanol–water partition coefficient (Wildman–Crippen LogP) is 5.29. The van der Waals surface area contributed by atoms with Gasteiger partial charge in [-0.05, 0) is 61.0 Å². The van der Waals surface area contributed by atoms with Crippen molar-refractivity contribution in [2.45, 2.75) is 89.0 Å². The molecule has 2 aliphatic carbocycles. The van der Waals surface area contributed by atoms with E-state index >= 15 is 0 Å². The van der Waals surface area contributed by atoms with Gasteiger partial charge in [0.15, 0.2) is 0 Å². The van der Waals surface area contributed by atoms with Crippen LogP contribution in [0.25, 0.3) is 0 Å². The van der Waals surface area contributed by atoms with Crippen LogP contribution in [0.15, 0.2) is 60.7 Å². The second kappa shape index (κ2) is 15.6. The van der Waals surface area contributed by atoms with E-state index in [1.165, 1.54) is 12.0 Å². The minimum absolute atomic E-state index is 0.00673. The summed E-state index contributed by atoms with van der Waals surface area (Å²) < 4.78 is 0. The Bertz CT molecular complexity index is 1070. The maximum atomic E-state index is 13.8. The fraction of sp³-hybridized carbons (Fsp3) is 0.545. The summed E-state index contributed by atoms with van der Waals surface area (Å²) in [6, 6.07) is 19.7. The number of benzene rings is 2. The van der Waals surface area contributed by atoms with Gasteiger partial charge in [-0.25, -0.2) is 5.48 Å². The Balaban J connectivity index is 1.45. The molecule has 2 aliphatic rings. The number of hydrogen-bond acceptors (Lipinski definition) is 4. The topological polar surface area (TPSA) is 108 Å². The summed E-state index contributed by atoms with van der Waals surface area (Å²) in [5, 5.41) is 15.4. The highest BCUT2D eigenvalue weighted by Crippen LogP contribution is 2.40. The second-order valence-electron chi connectivity index (χ2n) is 11.7. The van der Waals surface area contributed by atoms with E-state index in [4.69, 9.17) is 0 Å². The molecule has 40 heavy (non-hydrogen) atoms. The number of hydrogen-bond donors (Lipinski definition) is 4. The number of rotatable bonds is 12. The lowest BCUT2D eigenvalue weighted by Gasteiger charge is -2.35. The minimum Gasteiger partial charge on any atom is -0.354 e. The van der Waals surface area contributed by atoms with Gasteiger partial charge in [0, 0.05) is 18.9 Å². The summed E-state index contributed by atoms with van der Waals surface area (Å²) in [7, 11) is 0. The maximum absolute atomic E-state index is 13.8. The SMILES string of the molecule is O=C(C[C@@H](C(=O)N[C@@H](CC1CCCCC1)C(=O)NCCc1ccccc1)C1CCCC(c2ccccc2)C1)NO. The lowest BCUT2D eigenvalue weighted by molar-refractivity contribution is -0.138. The van der Waals surface area contributed by atoms with Crippen LogP contribution in [0.4, 0.5) is 0 Å². The summed E-state index contributed by atoms with van der Waals surface area (Å²) in [4.78, 5) is 39.6. The van der Waals surface area contributed by atoms with Crippen LogP contribution in [0.5, 0.6) is 0 Å². The molecule has 4 N–H and O–H groups in total. The zero-order chi connectivity index (χ0) is 28.2. The lowest BCUT2D eigenvalue weighted by atomic mass is 9.71. The van der Waals surface area contributed by atoms with Gasteiger partial charge in [0.1, 0.15) is 6.04 Å². The molecule has 2 saturated carbocycles. The molecule has 2 aromatic rings. The highest BCUT2D eigenvalue weighted by molar-refractivity contribution is 5.90. The summed E-state index contributed by atoms with van der Waals surface area (Å²) in [5.41, 5.74) is 4.12. The van der Waals surface area contributed by atoms with Crippen LogP contribution in [0.3, 0.4) is 0 Å². The first-order valence-corrected chi connectivity index (χ1v) is 15.1. The highest BCUT2D eigenvalue weighted by atomic mass is 16.5. The molecule has 0 aliphatic heterocycles. The summed E-state index contributed by atoms with van der Waals surface area (Å²) in [6.07, 6.45) is 10.6. The van der Waals surface area contributed by atoms with Crippen LogP contribution in [0, 0.1) is 17.8 Å². The van der Waals surface area contributed by atoms with Crippen LogP contribution >= 0.6 is 0 Å². The molecule has 2 fully saturated rings. The first-order valence-electron chi connectivity index (χ1n) is 15.1. The molecule has 3 amide bonds. The van der Waals surface area contributed by atoms with E-state index in [9.17, 15) is 19.6 Å². The quantitative estimate of drug-likeness (QED) is 0.214. The molecule has 0 radical (unpaired) electrons. The van der Waals surface area contributed by atoms with Crippen LogP contribution in [0.2, 0.25) is 0 Å². The number of amides is 3. The summed E-state index contributed by atoms with van der Waals surface area (Å²) in [5.74, 6) is -0.884. The van der Waals surface area contributed by atoms with Crippen LogP contribution in [0.1, 0.15) is 87.7 Å². The fourth-order valence-corrected chi connectivity index (χ4v) is 6.70. The van der Waals surface area contributed by atoms with Gasteiger partial charge < -0.3 is 10.6 Å². The Kier molecular flexibility index (Phi) is 11.6. The van der Waals surface area contributed by atoms with Crippen LogP contribution in [-0.4, -0.2) is 35.5 Å². The molecule has 7 heteroatoms. The standard InChI is InChI=1S/C33H45N3O4/c37-31(36-40)23-29(28-18-10-17-27(22-28)26-15-8-3-9-16-26)32(38)35-30(21-25-13-6-2-7-14-25)33(39)34-20-19-24-11-4-1-5-12-24/h1,3-5,8-9,11-12,15-16,25,27-30,40H,2,6-7,10,13-14,17-23H2,(H,34,39)(H,35,38)(H,36,37)/t27?,28?,29-,30+/m1/s1. The largest absolute Gasteiger partial charge is 0.354 e. The average molecular weight is 548 g/mol. The third-order valence-electron chi connectivity index (χ3n) is 8.90. The van der Waals surface area contributed by atoms with Gasteiger partial charge >= 0.3 is 0 Å². The molecular formula is C33H45N3O4. The monoisotopic (exact) mass is 547 g/mol. The van der Waals surface area contributed by atoms with Crippen molar-refractivity contribution in [1.29, 1.82) is 0 Å². The molecule has 4 rings (SSSR count). The number of carbonyl (C=O) groups excluding carboxylic acids is 3. The Morgan fingerprint density at radius 3 is 2.23 bits per heavy atom. The molecule has 7 nitrogen and oxygen atoms in total. The van der Waals surface area contributed by atoms with Crippen molar-refractivity contribution in [3.05, 3.63) is 71.8 Å². The smallest absolute Gasteiger partial charge is 0.244 e. The molecular weight excluding hydrogens is 502 g/mol. The van der Waals surface area contributed by atoms with E-state index in [0.29, 0.717) is 24.8 Å². The molecule has 2 aromatic carbocycles. The normalized spacial score (nSPS) is 21.1. The Labute approximate surface area is 238 Å². The van der Waals surface area contributed by atoms with E-state index in [2.05, 4.69) is 22.8 Å². The highest BCUT2D eigenvalue weighted by Gasteiger charge is 2.37. The third-order valence-corrected chi connectivity index (χ3v) is 8.90. The first kappa shape index (κ1) is 29.8. The van der Waals surface area contributed by atoms with Gasteiger partial charge in [-0.15, -0.1) is 0 Å². The zero-order valence-corrected chi connectivity index (χ0v) is 23.5. The molecule has 0 bridgehead atoms. The van der Waals surface area contributed by atoms with Crippen molar-refractivity contribution in [2.75, 3.05) is 6.54 Å². The second-order valence-corrected chi connectivity index (χ2v) is 11.7. The lowest BCUT2D eigenvalue weighted by Crippen LogP contribution is -2.51. The Hall–Kier alpha value is -3.19. The minimum atomic E-state index is -0.639. The first-order chi connectivity index (χ1) is 19.5. The van der Waals surface area contributed by atoms with Gasteiger partial charge in [0.2, 0.25) is 17.7 Å². The zero-order valence-electron chi connectivity index (χ0n) is 23.5. The van der Waals surface area contributed by atoms with Crippen molar-refractivity contribution in [3.8, 4) is 0 Å². The van der Waals surface area contributed by atoms with Crippen LogP contribution < -0.4 is 16.1 Å². The number of nitrogens with one attached hydrogen (secondary N) is 3. The van der Waals surface area contributed by atoms with Crippen molar-refractivity contribution in [1.82, 2.24) is 16.1 Å². The van der Waals surface area contributed by atoms with Crippen molar-refractivity contribution >= 4 is 17.7 Å². The maximum Gasteiger partial charge on any atom is 0.244 e. The molecule has 0 spiro atoms. The van der Waals surface area contributed by atoms with Crippen molar-refractivity contribution in [3.63, 3.8) is 0 Å². The van der Waals surface area contributed by atoms with Gasteiger partial charge in [-0.3, -0.25) is 19.6 Å². The van der Waals surface area contributed by atoms with Crippen LogP contribution in [-0.2, 0) is 20.8 Å². The molecule has 0 heterocycles. The van der Waals surface area contributed by atoms with Crippen molar-refractivity contribution < 1.29 is 19.6 Å². The van der Waals surface area contributed by atoms with E-state index in [0.717, 1.165) is 63.4 Å². The third kappa shape index (κ3) is 8.91. The number of hydroxylamine groups is 1. The van der Waals surface area contributed by atoms with Gasteiger partial charge in [-0.1, -0.05) is 99.2 Å². The Morgan fingerprint density at radius 2 is 1.52 bits per heavy atom. The van der Waals surface area contributed by atoms with Gasteiger partial charge in [-0.2, -0.15) is 0 Å². The van der Waals surface area contributed by atoms with Gasteiger partial charge in [0.25, 0.3) is 0 Å². The van der Waals surface area contributed by atoms with E-state index in [1.807, 2.05) is 48.5 Å². The van der Waals surface area contributed by atoms with E-state index in [1.54, 1.807) is 5.48 Å². The van der Waals surface area contributed by atoms with E-state index < -0.39 is 17.9 Å².